The van der Waals surface area contributed by atoms with Crippen LogP contribution in [0.2, 0.25) is 0 Å². The van der Waals surface area contributed by atoms with Gasteiger partial charge in [-0.15, -0.1) is 0 Å². The Hall–Kier alpha value is -3.16. The second kappa shape index (κ2) is 6.22. The van der Waals surface area contributed by atoms with Gasteiger partial charge in [0.25, 0.3) is 11.8 Å². The molecule has 4 rings (SSSR count). The zero-order valence-electron chi connectivity index (χ0n) is 14.7. The molecule has 0 saturated carbocycles. The molecule has 7 nitrogen and oxygen atoms in total. The number of nitrogens with one attached hydrogen (secondary N) is 1. The van der Waals surface area contributed by atoms with Gasteiger partial charge in [0, 0.05) is 25.8 Å². The van der Waals surface area contributed by atoms with Crippen molar-refractivity contribution >= 4 is 11.8 Å². The van der Waals surface area contributed by atoms with Crippen LogP contribution >= 0.6 is 0 Å². The third-order valence-electron chi connectivity index (χ3n) is 5.23. The van der Waals surface area contributed by atoms with Gasteiger partial charge in [-0.3, -0.25) is 14.4 Å². The molecule has 2 N–H and O–H groups in total. The van der Waals surface area contributed by atoms with Gasteiger partial charge in [-0.25, -0.2) is 4.39 Å². The lowest BCUT2D eigenvalue weighted by atomic mass is 10.1. The van der Waals surface area contributed by atoms with Gasteiger partial charge in [-0.1, -0.05) is 12.1 Å². The summed E-state index contributed by atoms with van der Waals surface area (Å²) in [4.78, 5) is 39.2. The van der Waals surface area contributed by atoms with Crippen LogP contribution in [-0.4, -0.2) is 40.0 Å². The summed E-state index contributed by atoms with van der Waals surface area (Å²) in [6.45, 7) is 0.640. The van der Waals surface area contributed by atoms with Crippen LogP contribution in [0.4, 0.5) is 4.39 Å². The standard InChI is InChI=1S/C19H18FN3O4/c1-21-18(26)14-13-7-6-12-9-22(8-10-2-4-11(20)5-3-10)19(27)15(23(12)13)17(25)16(14)24/h2-5,12,25H,6-9H2,1H3,(H,21,26). The fourth-order valence-corrected chi connectivity index (χ4v) is 3.98. The van der Waals surface area contributed by atoms with E-state index in [1.807, 2.05) is 0 Å². The van der Waals surface area contributed by atoms with Crippen LogP contribution in [0.25, 0.3) is 0 Å². The van der Waals surface area contributed by atoms with Crippen LogP contribution in [0, 0.1) is 5.82 Å². The molecule has 0 saturated heterocycles. The maximum absolute atomic E-state index is 13.1. The first kappa shape index (κ1) is 17.3. The van der Waals surface area contributed by atoms with Gasteiger partial charge < -0.3 is 19.9 Å². The molecule has 2 aliphatic rings. The van der Waals surface area contributed by atoms with Crippen molar-refractivity contribution in [1.82, 2.24) is 14.8 Å². The smallest absolute Gasteiger partial charge is 0.274 e. The Morgan fingerprint density at radius 2 is 2.00 bits per heavy atom. The van der Waals surface area contributed by atoms with Crippen molar-refractivity contribution in [2.24, 2.45) is 0 Å². The molecule has 1 atom stereocenters. The van der Waals surface area contributed by atoms with Crippen molar-refractivity contribution in [2.75, 3.05) is 13.6 Å². The van der Waals surface area contributed by atoms with E-state index in [-0.39, 0.29) is 29.7 Å². The predicted octanol–water partition coefficient (Wildman–Crippen LogP) is 1.20. The van der Waals surface area contributed by atoms with Crippen molar-refractivity contribution in [1.29, 1.82) is 0 Å². The number of amides is 2. The molecule has 8 heteroatoms. The third kappa shape index (κ3) is 2.59. The minimum absolute atomic E-state index is 0.0708. The number of hydrogen-bond donors (Lipinski definition) is 2. The Labute approximate surface area is 154 Å². The summed E-state index contributed by atoms with van der Waals surface area (Å²) in [5.41, 5.74) is 0.250. The summed E-state index contributed by atoms with van der Waals surface area (Å²) in [7, 11) is 1.41. The van der Waals surface area contributed by atoms with Crippen molar-refractivity contribution in [2.45, 2.75) is 25.4 Å². The monoisotopic (exact) mass is 371 g/mol. The molecule has 0 fully saturated rings. The molecule has 1 unspecified atom stereocenters. The minimum atomic E-state index is -0.826. The third-order valence-corrected chi connectivity index (χ3v) is 5.23. The Kier molecular flexibility index (Phi) is 3.98. The molecule has 3 heterocycles. The number of halogens is 1. The second-order valence-corrected chi connectivity index (χ2v) is 6.80. The molecule has 0 aliphatic carbocycles. The van der Waals surface area contributed by atoms with E-state index in [0.717, 1.165) is 5.56 Å². The lowest BCUT2D eigenvalue weighted by Crippen LogP contribution is -2.44. The van der Waals surface area contributed by atoms with Crippen LogP contribution in [0.3, 0.4) is 0 Å². The number of carbonyl (C=O) groups excluding carboxylic acids is 2. The molecule has 0 bridgehead atoms. The zero-order chi connectivity index (χ0) is 19.3. The van der Waals surface area contributed by atoms with E-state index in [2.05, 4.69) is 5.32 Å². The number of benzene rings is 1. The molecule has 1 aromatic carbocycles. The Balaban J connectivity index is 1.79. The average molecular weight is 371 g/mol. The van der Waals surface area contributed by atoms with Gasteiger partial charge in [0.05, 0.1) is 6.04 Å². The summed E-state index contributed by atoms with van der Waals surface area (Å²) in [6, 6.07) is 5.71. The summed E-state index contributed by atoms with van der Waals surface area (Å²) in [6.07, 6.45) is 1.14. The first-order valence-electron chi connectivity index (χ1n) is 8.68. The van der Waals surface area contributed by atoms with Crippen molar-refractivity contribution in [3.63, 3.8) is 0 Å². The highest BCUT2D eigenvalue weighted by atomic mass is 19.1. The SMILES string of the molecule is CNC(=O)c1c2n3c(c(O)c1=O)C(=O)N(Cc1ccc(F)cc1)CC3CC2. The van der Waals surface area contributed by atoms with Gasteiger partial charge in [-0.05, 0) is 30.5 Å². The first-order chi connectivity index (χ1) is 12.9. The summed E-state index contributed by atoms with van der Waals surface area (Å²) in [5, 5.41) is 12.8. The quantitative estimate of drug-likeness (QED) is 0.848. The van der Waals surface area contributed by atoms with Gasteiger partial charge in [-0.2, -0.15) is 0 Å². The Bertz CT molecular complexity index is 1010. The molecule has 2 aromatic rings. The van der Waals surface area contributed by atoms with Gasteiger partial charge >= 0.3 is 0 Å². The van der Waals surface area contributed by atoms with Crippen molar-refractivity contribution in [3.8, 4) is 5.75 Å². The highest BCUT2D eigenvalue weighted by molar-refractivity contribution is 6.00. The maximum Gasteiger partial charge on any atom is 0.274 e. The van der Waals surface area contributed by atoms with E-state index in [0.29, 0.717) is 25.1 Å². The fourth-order valence-electron chi connectivity index (χ4n) is 3.98. The number of rotatable bonds is 3. The number of aromatic nitrogens is 1. The van der Waals surface area contributed by atoms with Crippen molar-refractivity contribution < 1.29 is 19.1 Å². The molecule has 1 aromatic heterocycles. The molecule has 0 radical (unpaired) electrons. The lowest BCUT2D eigenvalue weighted by molar-refractivity contribution is 0.0650. The fraction of sp³-hybridized carbons (Fsp3) is 0.316. The Morgan fingerprint density at radius 1 is 1.30 bits per heavy atom. The molecule has 2 aliphatic heterocycles. The van der Waals surface area contributed by atoms with Crippen LogP contribution in [0.5, 0.6) is 5.75 Å². The molecular formula is C19H18FN3O4. The van der Waals surface area contributed by atoms with Crippen LogP contribution in [0.1, 0.15) is 44.6 Å². The minimum Gasteiger partial charge on any atom is -0.503 e. The zero-order valence-corrected chi connectivity index (χ0v) is 14.7. The highest BCUT2D eigenvalue weighted by Crippen LogP contribution is 2.37. The molecule has 27 heavy (non-hydrogen) atoms. The topological polar surface area (TPSA) is 91.6 Å². The van der Waals surface area contributed by atoms with E-state index in [1.54, 1.807) is 21.6 Å². The largest absolute Gasteiger partial charge is 0.503 e. The summed E-state index contributed by atoms with van der Waals surface area (Å²) in [5.74, 6) is -2.10. The van der Waals surface area contributed by atoms with E-state index >= 15 is 0 Å². The van der Waals surface area contributed by atoms with Gasteiger partial charge in [0.2, 0.25) is 5.43 Å². The van der Waals surface area contributed by atoms with E-state index < -0.39 is 23.0 Å². The number of pyridine rings is 1. The van der Waals surface area contributed by atoms with Gasteiger partial charge in [0.1, 0.15) is 11.4 Å². The molecule has 2 amide bonds. The predicted molar refractivity (Wildman–Crippen MR) is 94.3 cm³/mol. The highest BCUT2D eigenvalue weighted by Gasteiger charge is 2.41. The van der Waals surface area contributed by atoms with E-state index in [9.17, 15) is 23.9 Å². The second-order valence-electron chi connectivity index (χ2n) is 6.80. The normalized spacial score (nSPS) is 17.8. The first-order valence-corrected chi connectivity index (χ1v) is 8.68. The van der Waals surface area contributed by atoms with E-state index in [1.165, 1.54) is 19.2 Å². The number of aromatic hydroxyl groups is 1. The molecule has 0 spiro atoms. The number of nitrogens with zero attached hydrogens (tertiary/aromatic N) is 2. The lowest BCUT2D eigenvalue weighted by Gasteiger charge is -2.34. The van der Waals surface area contributed by atoms with Crippen LogP contribution < -0.4 is 10.7 Å². The van der Waals surface area contributed by atoms with Gasteiger partial charge in [0.15, 0.2) is 11.4 Å². The summed E-state index contributed by atoms with van der Waals surface area (Å²) < 4.78 is 14.8. The average Bonchev–Trinajstić information content (AvgIpc) is 3.06. The maximum atomic E-state index is 13.1. The van der Waals surface area contributed by atoms with Crippen molar-refractivity contribution in [3.05, 3.63) is 62.8 Å². The number of hydrogen-bond acceptors (Lipinski definition) is 4. The number of carbonyl (C=O) groups is 2. The molecular weight excluding hydrogens is 353 g/mol. The van der Waals surface area contributed by atoms with E-state index in [4.69, 9.17) is 0 Å². The Morgan fingerprint density at radius 3 is 2.67 bits per heavy atom. The molecule has 140 valence electrons. The van der Waals surface area contributed by atoms with Crippen LogP contribution in [0.15, 0.2) is 29.1 Å². The summed E-state index contributed by atoms with van der Waals surface area (Å²) >= 11 is 0. The van der Waals surface area contributed by atoms with Crippen LogP contribution in [-0.2, 0) is 13.0 Å².